The molecule has 3 rings (SSSR count). The highest BCUT2D eigenvalue weighted by atomic mass is 35.5. The van der Waals surface area contributed by atoms with E-state index in [1.165, 1.54) is 0 Å². The zero-order chi connectivity index (χ0) is 13.9. The molecule has 0 unspecified atom stereocenters. The van der Waals surface area contributed by atoms with Crippen LogP contribution in [-0.2, 0) is 9.53 Å². The smallest absolute Gasteiger partial charge is 0.238 e. The van der Waals surface area contributed by atoms with Crippen molar-refractivity contribution < 1.29 is 9.53 Å². The van der Waals surface area contributed by atoms with Crippen LogP contribution in [0.4, 0.5) is 10.8 Å². The number of hydrogen-bond acceptors (Lipinski definition) is 6. The maximum absolute atomic E-state index is 11.3. The minimum absolute atomic E-state index is 0. The first-order valence-electron chi connectivity index (χ1n) is 6.49. The van der Waals surface area contributed by atoms with Crippen LogP contribution in [-0.4, -0.2) is 43.7 Å². The number of hydrogen-bond donors (Lipinski definition) is 2. The third-order valence-corrected chi connectivity index (χ3v) is 4.21. The van der Waals surface area contributed by atoms with Gasteiger partial charge in [0.05, 0.1) is 30.0 Å². The van der Waals surface area contributed by atoms with Gasteiger partial charge < -0.3 is 20.7 Å². The number of nitrogens with two attached hydrogens (primary N) is 1. The molecule has 22 heavy (non-hydrogen) atoms. The summed E-state index contributed by atoms with van der Waals surface area (Å²) in [5.41, 5.74) is 7.00. The number of ether oxygens (including phenoxy) is 1. The number of halogens is 2. The van der Waals surface area contributed by atoms with Gasteiger partial charge >= 0.3 is 0 Å². The van der Waals surface area contributed by atoms with E-state index >= 15 is 0 Å². The minimum Gasteiger partial charge on any atom is -0.378 e. The van der Waals surface area contributed by atoms with Crippen LogP contribution in [0.25, 0.3) is 10.2 Å². The van der Waals surface area contributed by atoms with E-state index in [2.05, 4.69) is 15.2 Å². The number of thiazole rings is 1. The molecule has 3 N–H and O–H groups in total. The number of amides is 1. The summed E-state index contributed by atoms with van der Waals surface area (Å²) in [7, 11) is 0. The summed E-state index contributed by atoms with van der Waals surface area (Å²) in [6.45, 7) is 3.22. The van der Waals surface area contributed by atoms with Crippen molar-refractivity contribution in [1.82, 2.24) is 4.98 Å². The van der Waals surface area contributed by atoms with Crippen LogP contribution in [0.1, 0.15) is 0 Å². The normalized spacial score (nSPS) is 14.1. The molecule has 2 aromatic rings. The second-order valence-electron chi connectivity index (χ2n) is 4.53. The first kappa shape index (κ1) is 18.9. The maximum atomic E-state index is 11.3. The van der Waals surface area contributed by atoms with E-state index in [1.807, 2.05) is 18.2 Å². The molecular weight excluding hydrogens is 347 g/mol. The summed E-state index contributed by atoms with van der Waals surface area (Å²) in [4.78, 5) is 18.2. The molecule has 0 bridgehead atoms. The Balaban J connectivity index is 0.00000121. The quantitative estimate of drug-likeness (QED) is 0.868. The van der Waals surface area contributed by atoms with Crippen LogP contribution in [0.5, 0.6) is 0 Å². The fourth-order valence-corrected chi connectivity index (χ4v) is 3.15. The lowest BCUT2D eigenvalue weighted by molar-refractivity contribution is -0.114. The summed E-state index contributed by atoms with van der Waals surface area (Å²) < 4.78 is 6.40. The third-order valence-electron chi connectivity index (χ3n) is 3.13. The van der Waals surface area contributed by atoms with Gasteiger partial charge in [-0.15, -0.1) is 24.8 Å². The summed E-state index contributed by atoms with van der Waals surface area (Å²) in [5, 5.41) is 3.76. The van der Waals surface area contributed by atoms with E-state index < -0.39 is 0 Å². The molecule has 0 aliphatic carbocycles. The number of fused-ring (bicyclic) bond motifs is 1. The van der Waals surface area contributed by atoms with Gasteiger partial charge in [-0.25, -0.2) is 4.98 Å². The fourth-order valence-electron chi connectivity index (χ4n) is 2.09. The van der Waals surface area contributed by atoms with Crippen molar-refractivity contribution in [3.05, 3.63) is 18.2 Å². The Morgan fingerprint density at radius 2 is 2.09 bits per heavy atom. The highest BCUT2D eigenvalue weighted by molar-refractivity contribution is 7.22. The second kappa shape index (κ2) is 8.50. The van der Waals surface area contributed by atoms with Crippen molar-refractivity contribution >= 4 is 63.1 Å². The van der Waals surface area contributed by atoms with Crippen molar-refractivity contribution in [3.8, 4) is 0 Å². The molecule has 1 aromatic carbocycles. The van der Waals surface area contributed by atoms with Gasteiger partial charge in [-0.05, 0) is 18.2 Å². The van der Waals surface area contributed by atoms with E-state index in [4.69, 9.17) is 10.5 Å². The van der Waals surface area contributed by atoms with Crippen molar-refractivity contribution in [1.29, 1.82) is 0 Å². The summed E-state index contributed by atoms with van der Waals surface area (Å²) in [6.07, 6.45) is 0. The molecule has 1 saturated heterocycles. The highest BCUT2D eigenvalue weighted by Gasteiger charge is 2.15. The number of benzene rings is 1. The summed E-state index contributed by atoms with van der Waals surface area (Å²) in [6, 6.07) is 5.70. The predicted molar refractivity (Wildman–Crippen MR) is 94.8 cm³/mol. The Morgan fingerprint density at radius 3 is 2.77 bits per heavy atom. The number of nitrogens with one attached hydrogen (secondary N) is 1. The van der Waals surface area contributed by atoms with Gasteiger partial charge in [-0.1, -0.05) is 11.3 Å². The van der Waals surface area contributed by atoms with Gasteiger partial charge in [0.15, 0.2) is 5.13 Å². The molecule has 1 aliphatic rings. The van der Waals surface area contributed by atoms with Crippen LogP contribution >= 0.6 is 36.2 Å². The molecule has 0 radical (unpaired) electrons. The average Bonchev–Trinajstić information content (AvgIpc) is 2.91. The molecule has 2 heterocycles. The number of anilines is 2. The molecule has 0 atom stereocenters. The molecular formula is C13H18Cl2N4O2S. The molecule has 1 amide bonds. The molecule has 6 nitrogen and oxygen atoms in total. The lowest BCUT2D eigenvalue weighted by atomic mass is 10.3. The Bertz CT molecular complexity index is 632. The largest absolute Gasteiger partial charge is 0.378 e. The van der Waals surface area contributed by atoms with Crippen molar-refractivity contribution in [2.75, 3.05) is 43.1 Å². The van der Waals surface area contributed by atoms with Crippen LogP contribution < -0.4 is 16.0 Å². The standard InChI is InChI=1S/C13H16N4O2S.2ClH/c14-8-12(18)15-9-1-2-10-11(7-9)20-13(16-10)17-3-5-19-6-4-17;;/h1-2,7H,3-6,8,14H2,(H,15,18);2*1H. The van der Waals surface area contributed by atoms with E-state index in [-0.39, 0.29) is 37.3 Å². The van der Waals surface area contributed by atoms with Gasteiger partial charge in [0.25, 0.3) is 0 Å². The highest BCUT2D eigenvalue weighted by Crippen LogP contribution is 2.31. The third kappa shape index (κ3) is 4.21. The fraction of sp³-hybridized carbons (Fsp3) is 0.385. The number of aromatic nitrogens is 1. The number of rotatable bonds is 3. The Morgan fingerprint density at radius 1 is 1.36 bits per heavy atom. The SMILES string of the molecule is Cl.Cl.NCC(=O)Nc1ccc2nc(N3CCOCC3)sc2c1. The van der Waals surface area contributed by atoms with E-state index in [1.54, 1.807) is 11.3 Å². The number of carbonyl (C=O) groups is 1. The zero-order valence-corrected chi connectivity index (χ0v) is 14.2. The average molecular weight is 365 g/mol. The van der Waals surface area contributed by atoms with Gasteiger partial charge in [0, 0.05) is 18.8 Å². The Labute approximate surface area is 144 Å². The van der Waals surface area contributed by atoms with E-state index in [0.717, 1.165) is 47.3 Å². The van der Waals surface area contributed by atoms with Gasteiger partial charge in [-0.2, -0.15) is 0 Å². The topological polar surface area (TPSA) is 80.5 Å². The van der Waals surface area contributed by atoms with Crippen LogP contribution in [0.3, 0.4) is 0 Å². The first-order valence-corrected chi connectivity index (χ1v) is 7.31. The summed E-state index contributed by atoms with van der Waals surface area (Å²) >= 11 is 1.63. The van der Waals surface area contributed by atoms with Crippen LogP contribution in [0.15, 0.2) is 18.2 Å². The van der Waals surface area contributed by atoms with Crippen molar-refractivity contribution in [3.63, 3.8) is 0 Å². The molecule has 1 aromatic heterocycles. The minimum atomic E-state index is -0.192. The Kier molecular flexibility index (Phi) is 7.31. The number of nitrogens with zero attached hydrogens (tertiary/aromatic N) is 2. The maximum Gasteiger partial charge on any atom is 0.238 e. The second-order valence-corrected chi connectivity index (χ2v) is 5.54. The van der Waals surface area contributed by atoms with Gasteiger partial charge in [0.1, 0.15) is 0 Å². The zero-order valence-electron chi connectivity index (χ0n) is 11.8. The van der Waals surface area contributed by atoms with Gasteiger partial charge in [-0.3, -0.25) is 4.79 Å². The monoisotopic (exact) mass is 364 g/mol. The molecule has 0 saturated carbocycles. The van der Waals surface area contributed by atoms with Crippen molar-refractivity contribution in [2.24, 2.45) is 5.73 Å². The lowest BCUT2D eigenvalue weighted by Crippen LogP contribution is -2.36. The molecule has 9 heteroatoms. The molecule has 0 spiro atoms. The Hall–Kier alpha value is -1.12. The van der Waals surface area contributed by atoms with E-state index in [0.29, 0.717) is 0 Å². The molecule has 1 fully saturated rings. The van der Waals surface area contributed by atoms with Gasteiger partial charge in [0.2, 0.25) is 5.91 Å². The lowest BCUT2D eigenvalue weighted by Gasteiger charge is -2.25. The van der Waals surface area contributed by atoms with E-state index in [9.17, 15) is 4.79 Å². The predicted octanol–water partition coefficient (Wildman–Crippen LogP) is 1.87. The molecule has 122 valence electrons. The first-order chi connectivity index (χ1) is 9.76. The molecule has 1 aliphatic heterocycles. The number of carbonyl (C=O) groups excluding carboxylic acids is 1. The van der Waals surface area contributed by atoms with Crippen molar-refractivity contribution in [2.45, 2.75) is 0 Å². The van der Waals surface area contributed by atoms with Crippen LogP contribution in [0.2, 0.25) is 0 Å². The summed E-state index contributed by atoms with van der Waals surface area (Å²) in [5.74, 6) is -0.192. The number of morpholine rings is 1. The van der Waals surface area contributed by atoms with Crippen LogP contribution in [0, 0.1) is 0 Å².